The van der Waals surface area contributed by atoms with Crippen molar-refractivity contribution < 1.29 is 4.74 Å². The molecule has 0 aliphatic heterocycles. The summed E-state index contributed by atoms with van der Waals surface area (Å²) in [4.78, 5) is 4.11. The van der Waals surface area contributed by atoms with Gasteiger partial charge in [-0.1, -0.05) is 43.3 Å². The van der Waals surface area contributed by atoms with Crippen molar-refractivity contribution in [3.63, 3.8) is 0 Å². The largest absolute Gasteiger partial charge is 0.476 e. The molecule has 0 saturated carbocycles. The SMILES string of the molecule is CC(CNCCOc1ccccn1)c1ccccc1. The molecule has 1 aromatic carbocycles. The number of pyridine rings is 1. The Labute approximate surface area is 114 Å². The minimum absolute atomic E-state index is 0.510. The number of nitrogens with zero attached hydrogens (tertiary/aromatic N) is 1. The predicted molar refractivity (Wildman–Crippen MR) is 77.5 cm³/mol. The highest BCUT2D eigenvalue weighted by Crippen LogP contribution is 2.12. The molecule has 0 spiro atoms. The normalized spacial score (nSPS) is 12.1. The molecule has 3 heteroatoms. The van der Waals surface area contributed by atoms with E-state index < -0.39 is 0 Å². The molecule has 0 amide bonds. The van der Waals surface area contributed by atoms with Gasteiger partial charge in [0.05, 0.1) is 0 Å². The Morgan fingerprint density at radius 2 is 1.89 bits per heavy atom. The standard InChI is InChI=1S/C16H20N2O/c1-14(15-7-3-2-4-8-15)13-17-11-12-19-16-9-5-6-10-18-16/h2-10,14,17H,11-13H2,1H3. The van der Waals surface area contributed by atoms with Gasteiger partial charge in [-0.2, -0.15) is 0 Å². The van der Waals surface area contributed by atoms with E-state index in [-0.39, 0.29) is 0 Å². The fraction of sp³-hybridized carbons (Fsp3) is 0.312. The maximum Gasteiger partial charge on any atom is 0.213 e. The topological polar surface area (TPSA) is 34.1 Å². The van der Waals surface area contributed by atoms with E-state index in [9.17, 15) is 0 Å². The zero-order valence-corrected chi connectivity index (χ0v) is 11.3. The molecule has 100 valence electrons. The summed E-state index contributed by atoms with van der Waals surface area (Å²) in [7, 11) is 0. The van der Waals surface area contributed by atoms with Crippen LogP contribution in [0, 0.1) is 0 Å². The Hall–Kier alpha value is -1.87. The summed E-state index contributed by atoms with van der Waals surface area (Å²) in [6.07, 6.45) is 1.74. The molecule has 1 unspecified atom stereocenters. The van der Waals surface area contributed by atoms with E-state index in [1.54, 1.807) is 6.20 Å². The van der Waals surface area contributed by atoms with Crippen molar-refractivity contribution in [2.45, 2.75) is 12.8 Å². The third kappa shape index (κ3) is 4.72. The Bertz CT molecular complexity index is 459. The van der Waals surface area contributed by atoms with E-state index in [1.807, 2.05) is 24.3 Å². The van der Waals surface area contributed by atoms with E-state index in [0.29, 0.717) is 18.4 Å². The highest BCUT2D eigenvalue weighted by molar-refractivity contribution is 5.18. The third-order valence-electron chi connectivity index (χ3n) is 2.99. The average molecular weight is 256 g/mol. The number of aromatic nitrogens is 1. The highest BCUT2D eigenvalue weighted by atomic mass is 16.5. The van der Waals surface area contributed by atoms with Gasteiger partial charge in [0, 0.05) is 25.4 Å². The maximum atomic E-state index is 5.52. The Balaban J connectivity index is 1.62. The first kappa shape index (κ1) is 13.6. The fourth-order valence-electron chi connectivity index (χ4n) is 1.88. The molecule has 0 saturated heterocycles. The van der Waals surface area contributed by atoms with Crippen LogP contribution in [0.2, 0.25) is 0 Å². The molecular formula is C16H20N2O. The van der Waals surface area contributed by atoms with E-state index in [2.05, 4.69) is 41.5 Å². The summed E-state index contributed by atoms with van der Waals surface area (Å²) in [5.41, 5.74) is 1.36. The van der Waals surface area contributed by atoms with E-state index >= 15 is 0 Å². The van der Waals surface area contributed by atoms with Gasteiger partial charge in [0.25, 0.3) is 0 Å². The predicted octanol–water partition coefficient (Wildman–Crippen LogP) is 2.85. The molecule has 1 atom stereocenters. The first-order valence-corrected chi connectivity index (χ1v) is 6.66. The lowest BCUT2D eigenvalue weighted by Gasteiger charge is -2.13. The van der Waals surface area contributed by atoms with Crippen molar-refractivity contribution in [3.05, 3.63) is 60.3 Å². The first-order valence-electron chi connectivity index (χ1n) is 6.66. The highest BCUT2D eigenvalue weighted by Gasteiger charge is 2.03. The lowest BCUT2D eigenvalue weighted by molar-refractivity contribution is 0.301. The van der Waals surface area contributed by atoms with Crippen LogP contribution < -0.4 is 10.1 Å². The molecule has 1 heterocycles. The molecule has 1 aromatic heterocycles. The summed E-state index contributed by atoms with van der Waals surface area (Å²) in [5.74, 6) is 1.19. The van der Waals surface area contributed by atoms with Crippen LogP contribution in [-0.4, -0.2) is 24.7 Å². The minimum atomic E-state index is 0.510. The van der Waals surface area contributed by atoms with Crippen LogP contribution in [0.25, 0.3) is 0 Å². The molecule has 2 aromatic rings. The molecule has 0 aliphatic rings. The Morgan fingerprint density at radius 3 is 2.63 bits per heavy atom. The Morgan fingerprint density at radius 1 is 1.11 bits per heavy atom. The van der Waals surface area contributed by atoms with Gasteiger partial charge in [-0.15, -0.1) is 0 Å². The van der Waals surface area contributed by atoms with E-state index in [4.69, 9.17) is 4.74 Å². The summed E-state index contributed by atoms with van der Waals surface area (Å²) in [6.45, 7) is 4.64. The second-order valence-electron chi connectivity index (χ2n) is 4.53. The molecule has 3 nitrogen and oxygen atoms in total. The maximum absolute atomic E-state index is 5.52. The van der Waals surface area contributed by atoms with Crippen LogP contribution >= 0.6 is 0 Å². The van der Waals surface area contributed by atoms with Gasteiger partial charge >= 0.3 is 0 Å². The van der Waals surface area contributed by atoms with Crippen molar-refractivity contribution >= 4 is 0 Å². The number of nitrogens with one attached hydrogen (secondary N) is 1. The van der Waals surface area contributed by atoms with Crippen molar-refractivity contribution in [1.82, 2.24) is 10.3 Å². The second kappa shape index (κ2) is 7.54. The van der Waals surface area contributed by atoms with E-state index in [0.717, 1.165) is 13.1 Å². The van der Waals surface area contributed by atoms with Crippen LogP contribution in [0.5, 0.6) is 5.88 Å². The van der Waals surface area contributed by atoms with Gasteiger partial charge in [0.15, 0.2) is 0 Å². The van der Waals surface area contributed by atoms with E-state index in [1.165, 1.54) is 5.56 Å². The quantitative estimate of drug-likeness (QED) is 0.773. The molecular weight excluding hydrogens is 236 g/mol. The lowest BCUT2D eigenvalue weighted by atomic mass is 10.0. The van der Waals surface area contributed by atoms with Crippen molar-refractivity contribution in [3.8, 4) is 5.88 Å². The van der Waals surface area contributed by atoms with Crippen LogP contribution in [0.3, 0.4) is 0 Å². The molecule has 0 bridgehead atoms. The number of benzene rings is 1. The molecule has 0 fully saturated rings. The second-order valence-corrected chi connectivity index (χ2v) is 4.53. The smallest absolute Gasteiger partial charge is 0.213 e. The Kier molecular flexibility index (Phi) is 5.38. The number of hydrogen-bond donors (Lipinski definition) is 1. The van der Waals surface area contributed by atoms with Gasteiger partial charge in [-0.05, 0) is 17.5 Å². The van der Waals surface area contributed by atoms with Gasteiger partial charge in [0.2, 0.25) is 5.88 Å². The lowest BCUT2D eigenvalue weighted by Crippen LogP contribution is -2.25. The minimum Gasteiger partial charge on any atom is -0.476 e. The van der Waals surface area contributed by atoms with Crippen molar-refractivity contribution in [1.29, 1.82) is 0 Å². The summed E-state index contributed by atoms with van der Waals surface area (Å²) in [5, 5.41) is 3.40. The van der Waals surface area contributed by atoms with Gasteiger partial charge < -0.3 is 10.1 Å². The monoisotopic (exact) mass is 256 g/mol. The van der Waals surface area contributed by atoms with Crippen LogP contribution in [0.15, 0.2) is 54.7 Å². The first-order chi connectivity index (χ1) is 9.36. The van der Waals surface area contributed by atoms with Gasteiger partial charge in [0.1, 0.15) is 6.61 Å². The summed E-state index contributed by atoms with van der Waals surface area (Å²) >= 11 is 0. The van der Waals surface area contributed by atoms with Crippen molar-refractivity contribution in [2.75, 3.05) is 19.7 Å². The fourth-order valence-corrected chi connectivity index (χ4v) is 1.88. The molecule has 1 N–H and O–H groups in total. The molecule has 0 radical (unpaired) electrons. The third-order valence-corrected chi connectivity index (χ3v) is 2.99. The average Bonchev–Trinajstić information content (AvgIpc) is 2.49. The van der Waals surface area contributed by atoms with Crippen LogP contribution in [-0.2, 0) is 0 Å². The summed E-state index contributed by atoms with van der Waals surface area (Å²) in [6, 6.07) is 16.2. The zero-order valence-electron chi connectivity index (χ0n) is 11.3. The van der Waals surface area contributed by atoms with Gasteiger partial charge in [-0.25, -0.2) is 4.98 Å². The van der Waals surface area contributed by atoms with Crippen LogP contribution in [0.4, 0.5) is 0 Å². The molecule has 19 heavy (non-hydrogen) atoms. The number of rotatable bonds is 7. The summed E-state index contributed by atoms with van der Waals surface area (Å²) < 4.78 is 5.52. The van der Waals surface area contributed by atoms with Crippen LogP contribution in [0.1, 0.15) is 18.4 Å². The molecule has 2 rings (SSSR count). The zero-order chi connectivity index (χ0) is 13.3. The van der Waals surface area contributed by atoms with Gasteiger partial charge in [-0.3, -0.25) is 0 Å². The number of ether oxygens (including phenoxy) is 1. The van der Waals surface area contributed by atoms with Crippen molar-refractivity contribution in [2.24, 2.45) is 0 Å². The number of hydrogen-bond acceptors (Lipinski definition) is 3. The molecule has 0 aliphatic carbocycles.